The molecule has 3 aromatic carbocycles. The fraction of sp³-hybridized carbons (Fsp3) is 0.310. The van der Waals surface area contributed by atoms with Gasteiger partial charge in [0.25, 0.3) is 0 Å². The molecule has 0 atom stereocenters. The van der Waals surface area contributed by atoms with Gasteiger partial charge in [-0.2, -0.15) is 0 Å². The summed E-state index contributed by atoms with van der Waals surface area (Å²) in [5.74, 6) is 0.280. The first-order chi connectivity index (χ1) is 17.5. The monoisotopic (exact) mass is 522 g/mol. The Hall–Kier alpha value is -2.54. The minimum absolute atomic E-state index is 0.280. The van der Waals surface area contributed by atoms with E-state index >= 15 is 0 Å². The lowest BCUT2D eigenvalue weighted by Gasteiger charge is -2.35. The summed E-state index contributed by atoms with van der Waals surface area (Å²) in [5.41, 5.74) is 11.6. The van der Waals surface area contributed by atoms with Gasteiger partial charge in [-0.05, 0) is 60.5 Å². The fourth-order valence-electron chi connectivity index (χ4n) is 5.03. The highest BCUT2D eigenvalue weighted by atomic mass is 35.5. The molecule has 2 heterocycles. The summed E-state index contributed by atoms with van der Waals surface area (Å²) in [4.78, 5) is 4.94. The van der Waals surface area contributed by atoms with Crippen LogP contribution in [0.1, 0.15) is 17.5 Å². The van der Waals surface area contributed by atoms with Crippen LogP contribution >= 0.6 is 23.2 Å². The summed E-state index contributed by atoms with van der Waals surface area (Å²) >= 11 is 12.8. The lowest BCUT2D eigenvalue weighted by atomic mass is 10.0. The van der Waals surface area contributed by atoms with Crippen LogP contribution in [-0.4, -0.2) is 52.2 Å². The smallest absolute Gasteiger partial charge is 0.115 e. The van der Waals surface area contributed by atoms with Crippen LogP contribution in [0.5, 0.6) is 5.75 Å². The molecule has 0 amide bonds. The normalized spacial score (nSPS) is 15.1. The van der Waals surface area contributed by atoms with Crippen molar-refractivity contribution in [2.75, 3.05) is 32.7 Å². The van der Waals surface area contributed by atoms with Gasteiger partial charge in [0.05, 0.1) is 0 Å². The zero-order valence-electron chi connectivity index (χ0n) is 20.3. The van der Waals surface area contributed by atoms with Gasteiger partial charge in [0.15, 0.2) is 0 Å². The molecule has 188 valence electrons. The number of halogens is 2. The molecule has 5 rings (SSSR count). The fourth-order valence-corrected chi connectivity index (χ4v) is 5.55. The van der Waals surface area contributed by atoms with Crippen molar-refractivity contribution in [2.24, 2.45) is 5.73 Å². The Balaban J connectivity index is 1.31. The van der Waals surface area contributed by atoms with Crippen LogP contribution in [0.2, 0.25) is 10.0 Å². The van der Waals surface area contributed by atoms with Crippen LogP contribution in [-0.2, 0) is 19.6 Å². The van der Waals surface area contributed by atoms with Crippen molar-refractivity contribution in [3.8, 4) is 16.9 Å². The minimum Gasteiger partial charge on any atom is -0.508 e. The molecular weight excluding hydrogens is 491 g/mol. The highest BCUT2D eigenvalue weighted by Crippen LogP contribution is 2.33. The summed E-state index contributed by atoms with van der Waals surface area (Å²) in [7, 11) is 0. The average molecular weight is 524 g/mol. The molecule has 1 aromatic heterocycles. The molecule has 36 heavy (non-hydrogen) atoms. The van der Waals surface area contributed by atoms with Gasteiger partial charge in [-0.3, -0.25) is 9.80 Å². The third-order valence-electron chi connectivity index (χ3n) is 7.04. The third kappa shape index (κ3) is 5.56. The number of aromatic hydroxyl groups is 1. The van der Waals surface area contributed by atoms with E-state index in [1.807, 2.05) is 30.3 Å². The molecule has 0 spiro atoms. The van der Waals surface area contributed by atoms with Gasteiger partial charge in [-0.15, -0.1) is 0 Å². The van der Waals surface area contributed by atoms with Crippen LogP contribution in [0.4, 0.5) is 0 Å². The molecule has 0 bridgehead atoms. The largest absolute Gasteiger partial charge is 0.508 e. The van der Waals surface area contributed by atoms with Crippen LogP contribution < -0.4 is 5.73 Å². The molecule has 3 N–H and O–H groups in total. The van der Waals surface area contributed by atoms with Crippen LogP contribution in [0.15, 0.2) is 66.9 Å². The van der Waals surface area contributed by atoms with E-state index in [9.17, 15) is 5.11 Å². The van der Waals surface area contributed by atoms with E-state index in [1.54, 1.807) is 12.1 Å². The van der Waals surface area contributed by atoms with Crippen molar-refractivity contribution < 1.29 is 5.11 Å². The van der Waals surface area contributed by atoms with E-state index < -0.39 is 0 Å². The maximum atomic E-state index is 9.75. The van der Waals surface area contributed by atoms with Gasteiger partial charge in [0.1, 0.15) is 5.75 Å². The summed E-state index contributed by atoms with van der Waals surface area (Å²) < 4.78 is 2.30. The maximum absolute atomic E-state index is 9.75. The van der Waals surface area contributed by atoms with Gasteiger partial charge in [0, 0.05) is 84.1 Å². The Morgan fingerprint density at radius 3 is 2.17 bits per heavy atom. The standard InChI is InChI=1S/C29H32Cl2N4O/c30-27-3-1-4-28(31)26(27)19-34-15-13-33(14-16-34)18-21-5-10-29-24(17-21)25(20-35(29)12-2-11-32)22-6-8-23(36)9-7-22/h1,3-10,17,20,36H,2,11-16,18-19,32H2. The minimum atomic E-state index is 0.280. The van der Waals surface area contributed by atoms with Crippen LogP contribution in [0.25, 0.3) is 22.0 Å². The molecule has 0 saturated carbocycles. The van der Waals surface area contributed by atoms with E-state index in [0.29, 0.717) is 6.54 Å². The number of rotatable bonds is 8. The molecule has 1 aliphatic heterocycles. The molecule has 0 unspecified atom stereocenters. The average Bonchev–Trinajstić information content (AvgIpc) is 3.24. The molecule has 1 aliphatic rings. The van der Waals surface area contributed by atoms with Crippen molar-refractivity contribution in [1.29, 1.82) is 0 Å². The molecule has 1 fully saturated rings. The Bertz CT molecular complexity index is 1310. The highest BCUT2D eigenvalue weighted by molar-refractivity contribution is 6.35. The van der Waals surface area contributed by atoms with Gasteiger partial charge in [-0.1, -0.05) is 47.5 Å². The summed E-state index contributed by atoms with van der Waals surface area (Å²) in [5, 5.41) is 12.5. The third-order valence-corrected chi connectivity index (χ3v) is 7.75. The number of benzene rings is 3. The second-order valence-corrected chi connectivity index (χ2v) is 10.3. The first-order valence-electron chi connectivity index (χ1n) is 12.5. The Morgan fingerprint density at radius 2 is 1.50 bits per heavy atom. The second-order valence-electron chi connectivity index (χ2n) is 9.53. The number of nitrogens with two attached hydrogens (primary N) is 1. The zero-order chi connectivity index (χ0) is 25.1. The molecule has 0 radical (unpaired) electrons. The van der Waals surface area contributed by atoms with E-state index in [1.165, 1.54) is 22.0 Å². The van der Waals surface area contributed by atoms with Gasteiger partial charge >= 0.3 is 0 Å². The number of nitrogens with zero attached hydrogens (tertiary/aromatic N) is 3. The number of hydrogen-bond acceptors (Lipinski definition) is 4. The molecule has 0 aliphatic carbocycles. The topological polar surface area (TPSA) is 57.7 Å². The van der Waals surface area contributed by atoms with Crippen molar-refractivity contribution >= 4 is 34.1 Å². The Kier molecular flexibility index (Phi) is 7.85. The molecule has 1 saturated heterocycles. The highest BCUT2D eigenvalue weighted by Gasteiger charge is 2.20. The SMILES string of the molecule is NCCCn1cc(-c2ccc(O)cc2)c2cc(CN3CCN(Cc4c(Cl)cccc4Cl)CC3)ccc21. The Morgan fingerprint density at radius 1 is 0.833 bits per heavy atom. The lowest BCUT2D eigenvalue weighted by Crippen LogP contribution is -2.45. The number of aryl methyl sites for hydroxylation is 1. The number of hydrogen-bond donors (Lipinski definition) is 2. The molecule has 5 nitrogen and oxygen atoms in total. The predicted molar refractivity (Wildman–Crippen MR) is 150 cm³/mol. The summed E-state index contributed by atoms with van der Waals surface area (Å²) in [6, 6.07) is 20.0. The molecule has 4 aromatic rings. The Labute approximate surface area is 222 Å². The van der Waals surface area contributed by atoms with Gasteiger partial charge < -0.3 is 15.4 Å². The van der Waals surface area contributed by atoms with Crippen LogP contribution in [0.3, 0.4) is 0 Å². The number of aromatic nitrogens is 1. The zero-order valence-corrected chi connectivity index (χ0v) is 21.8. The van der Waals surface area contributed by atoms with Crippen molar-refractivity contribution in [3.63, 3.8) is 0 Å². The predicted octanol–water partition coefficient (Wildman–Crippen LogP) is 5.99. The number of fused-ring (bicyclic) bond motifs is 1. The first kappa shape index (κ1) is 25.1. The number of phenolic OH excluding ortho intramolecular Hbond substituents is 1. The second kappa shape index (κ2) is 11.2. The number of phenols is 1. The first-order valence-corrected chi connectivity index (χ1v) is 13.3. The number of piperazine rings is 1. The van der Waals surface area contributed by atoms with Crippen molar-refractivity contribution in [3.05, 3.63) is 88.0 Å². The molecule has 7 heteroatoms. The van der Waals surface area contributed by atoms with Crippen molar-refractivity contribution in [1.82, 2.24) is 14.4 Å². The molecular formula is C29H32Cl2N4O. The summed E-state index contributed by atoms with van der Waals surface area (Å²) in [6.07, 6.45) is 3.15. The summed E-state index contributed by atoms with van der Waals surface area (Å²) in [6.45, 7) is 7.23. The van der Waals surface area contributed by atoms with E-state index in [-0.39, 0.29) is 5.75 Å². The van der Waals surface area contributed by atoms with E-state index in [4.69, 9.17) is 28.9 Å². The lowest BCUT2D eigenvalue weighted by molar-refractivity contribution is 0.122. The maximum Gasteiger partial charge on any atom is 0.115 e. The van der Waals surface area contributed by atoms with Gasteiger partial charge in [-0.25, -0.2) is 0 Å². The van der Waals surface area contributed by atoms with Crippen molar-refractivity contribution in [2.45, 2.75) is 26.1 Å². The van der Waals surface area contributed by atoms with Crippen LogP contribution in [0, 0.1) is 0 Å². The van der Waals surface area contributed by atoms with E-state index in [2.05, 4.69) is 38.8 Å². The quantitative estimate of drug-likeness (QED) is 0.298. The van der Waals surface area contributed by atoms with E-state index in [0.717, 1.165) is 73.4 Å². The van der Waals surface area contributed by atoms with Gasteiger partial charge in [0.2, 0.25) is 0 Å².